The van der Waals surface area contributed by atoms with Crippen LogP contribution in [0.15, 0.2) is 42.5 Å². The lowest BCUT2D eigenvalue weighted by atomic mass is 9.95. The van der Waals surface area contributed by atoms with Crippen LogP contribution >= 0.6 is 12.2 Å². The van der Waals surface area contributed by atoms with E-state index in [2.05, 4.69) is 55.5 Å². The molecule has 0 bridgehead atoms. The molecule has 1 fully saturated rings. The summed E-state index contributed by atoms with van der Waals surface area (Å²) in [5, 5.41) is 2.24. The molecule has 0 radical (unpaired) electrons. The average Bonchev–Trinajstić information content (AvgIpc) is 2.67. The van der Waals surface area contributed by atoms with Gasteiger partial charge in [0, 0.05) is 13.1 Å². The van der Waals surface area contributed by atoms with Crippen molar-refractivity contribution in [2.75, 3.05) is 13.1 Å². The number of hydrogen-bond donors (Lipinski definition) is 1. The molecule has 0 aliphatic carbocycles. The van der Waals surface area contributed by atoms with Crippen molar-refractivity contribution < 1.29 is 4.74 Å². The van der Waals surface area contributed by atoms with Crippen LogP contribution < -0.4 is 10.2 Å². The third-order valence-electron chi connectivity index (χ3n) is 5.09. The normalized spacial score (nSPS) is 15.0. The summed E-state index contributed by atoms with van der Waals surface area (Å²) < 4.78 is 6.20. The summed E-state index contributed by atoms with van der Waals surface area (Å²) in [6.45, 7) is 9.22. The van der Waals surface area contributed by atoms with Gasteiger partial charge in [0.1, 0.15) is 17.3 Å². The number of thiocarbonyl (C=S) groups is 1. The minimum atomic E-state index is 0.449. The maximum Gasteiger partial charge on any atom is 0.130 e. The maximum atomic E-state index is 6.20. The Bertz CT molecular complexity index is 767. The van der Waals surface area contributed by atoms with Crippen LogP contribution in [-0.2, 0) is 6.61 Å². The predicted octanol–water partition coefficient (Wildman–Crippen LogP) is 5.36. The van der Waals surface area contributed by atoms with E-state index in [0.29, 0.717) is 12.5 Å². The van der Waals surface area contributed by atoms with Crippen molar-refractivity contribution in [1.29, 1.82) is 0 Å². The van der Waals surface area contributed by atoms with Gasteiger partial charge in [0.05, 0.1) is 5.56 Å². The third kappa shape index (κ3) is 5.30. The minimum Gasteiger partial charge on any atom is -0.488 e. The van der Waals surface area contributed by atoms with Crippen LogP contribution in [-0.4, -0.2) is 23.1 Å². The fourth-order valence-electron chi connectivity index (χ4n) is 3.56. The summed E-state index contributed by atoms with van der Waals surface area (Å²) in [6.07, 6.45) is 3.74. The molecule has 3 nitrogen and oxygen atoms in total. The molecule has 0 amide bonds. The Balaban J connectivity index is 1.83. The second-order valence-electron chi connectivity index (χ2n) is 7.62. The van der Waals surface area contributed by atoms with Gasteiger partial charge in [0.2, 0.25) is 0 Å². The molecule has 27 heavy (non-hydrogen) atoms. The first-order valence-corrected chi connectivity index (χ1v) is 10.3. The van der Waals surface area contributed by atoms with Crippen molar-refractivity contribution in [2.24, 2.45) is 0 Å². The SMILES string of the molecule is Cc1cc(OCc2ccccc2)c(C(=S)NN2CCCCC2)cc1C(C)C. The number of nitrogens with one attached hydrogen (secondary N) is 1. The molecule has 0 spiro atoms. The number of ether oxygens (including phenoxy) is 1. The highest BCUT2D eigenvalue weighted by Gasteiger charge is 2.18. The molecule has 0 atom stereocenters. The molecule has 0 unspecified atom stereocenters. The van der Waals surface area contributed by atoms with Crippen molar-refractivity contribution in [3.05, 3.63) is 64.7 Å². The number of nitrogens with zero attached hydrogens (tertiary/aromatic N) is 1. The third-order valence-corrected chi connectivity index (χ3v) is 5.40. The van der Waals surface area contributed by atoms with Gasteiger partial charge in [-0.2, -0.15) is 0 Å². The van der Waals surface area contributed by atoms with Gasteiger partial charge in [-0.1, -0.05) is 62.8 Å². The lowest BCUT2D eigenvalue weighted by molar-refractivity contribution is 0.196. The summed E-state index contributed by atoms with van der Waals surface area (Å²) in [4.78, 5) is 0.752. The molecular formula is C23H30N2OS. The molecule has 1 N–H and O–H groups in total. The first kappa shape index (κ1) is 19.8. The molecule has 144 valence electrons. The Morgan fingerprint density at radius 2 is 1.81 bits per heavy atom. The van der Waals surface area contributed by atoms with Gasteiger partial charge in [-0.05, 0) is 54.5 Å². The monoisotopic (exact) mass is 382 g/mol. The Morgan fingerprint density at radius 3 is 2.48 bits per heavy atom. The zero-order valence-electron chi connectivity index (χ0n) is 16.6. The van der Waals surface area contributed by atoms with Crippen LogP contribution in [0.4, 0.5) is 0 Å². The van der Waals surface area contributed by atoms with Gasteiger partial charge in [-0.25, -0.2) is 5.01 Å². The topological polar surface area (TPSA) is 24.5 Å². The van der Waals surface area contributed by atoms with E-state index < -0.39 is 0 Å². The van der Waals surface area contributed by atoms with E-state index in [1.54, 1.807) is 0 Å². The smallest absolute Gasteiger partial charge is 0.130 e. The van der Waals surface area contributed by atoms with Gasteiger partial charge in [0.15, 0.2) is 0 Å². The van der Waals surface area contributed by atoms with Gasteiger partial charge in [0.25, 0.3) is 0 Å². The van der Waals surface area contributed by atoms with E-state index in [1.165, 1.54) is 30.4 Å². The fraction of sp³-hybridized carbons (Fsp3) is 0.435. The molecular weight excluding hydrogens is 352 g/mol. The summed E-state index contributed by atoms with van der Waals surface area (Å²) in [5.74, 6) is 1.31. The number of hydrogen-bond acceptors (Lipinski definition) is 3. The summed E-state index contributed by atoms with van der Waals surface area (Å²) >= 11 is 5.78. The van der Waals surface area contributed by atoms with Crippen molar-refractivity contribution in [3.8, 4) is 5.75 Å². The predicted molar refractivity (Wildman–Crippen MR) is 116 cm³/mol. The second-order valence-corrected chi connectivity index (χ2v) is 8.03. The molecule has 1 saturated heterocycles. The zero-order chi connectivity index (χ0) is 19.2. The van der Waals surface area contributed by atoms with E-state index in [9.17, 15) is 0 Å². The molecule has 1 heterocycles. The van der Waals surface area contributed by atoms with Gasteiger partial charge in [-0.3, -0.25) is 0 Å². The van der Waals surface area contributed by atoms with Crippen molar-refractivity contribution >= 4 is 17.2 Å². The molecule has 1 aliphatic rings. The first-order chi connectivity index (χ1) is 13.0. The largest absolute Gasteiger partial charge is 0.488 e. The Hall–Kier alpha value is -1.91. The second kappa shape index (κ2) is 9.34. The van der Waals surface area contributed by atoms with Gasteiger partial charge >= 0.3 is 0 Å². The van der Waals surface area contributed by atoms with Crippen LogP contribution in [0.2, 0.25) is 0 Å². The molecule has 1 aliphatic heterocycles. The Morgan fingerprint density at radius 1 is 1.11 bits per heavy atom. The number of rotatable bonds is 6. The Kier molecular flexibility index (Phi) is 6.86. The van der Waals surface area contributed by atoms with Crippen molar-refractivity contribution in [1.82, 2.24) is 10.4 Å². The zero-order valence-corrected chi connectivity index (χ0v) is 17.4. The highest BCUT2D eigenvalue weighted by molar-refractivity contribution is 7.80. The maximum absolute atomic E-state index is 6.20. The summed E-state index contributed by atoms with van der Waals surface area (Å²) in [5.41, 5.74) is 8.15. The molecule has 2 aromatic rings. The van der Waals surface area contributed by atoms with E-state index in [-0.39, 0.29) is 0 Å². The fourth-order valence-corrected chi connectivity index (χ4v) is 3.85. The number of piperidine rings is 1. The van der Waals surface area contributed by atoms with Crippen LogP contribution in [0.3, 0.4) is 0 Å². The van der Waals surface area contributed by atoms with Crippen LogP contribution in [0.5, 0.6) is 5.75 Å². The highest BCUT2D eigenvalue weighted by Crippen LogP contribution is 2.29. The van der Waals surface area contributed by atoms with Crippen LogP contribution in [0, 0.1) is 6.92 Å². The lowest BCUT2D eigenvalue weighted by Crippen LogP contribution is -2.44. The summed E-state index contributed by atoms with van der Waals surface area (Å²) in [6, 6.07) is 14.6. The molecule has 0 aromatic heterocycles. The quantitative estimate of drug-likeness (QED) is 0.680. The van der Waals surface area contributed by atoms with Crippen molar-refractivity contribution in [3.63, 3.8) is 0 Å². The Labute approximate surface area is 168 Å². The van der Waals surface area contributed by atoms with Crippen LogP contribution in [0.25, 0.3) is 0 Å². The average molecular weight is 383 g/mol. The van der Waals surface area contributed by atoms with Crippen LogP contribution in [0.1, 0.15) is 61.3 Å². The van der Waals surface area contributed by atoms with E-state index in [4.69, 9.17) is 17.0 Å². The first-order valence-electron chi connectivity index (χ1n) is 9.92. The van der Waals surface area contributed by atoms with E-state index in [1.807, 2.05) is 18.2 Å². The minimum absolute atomic E-state index is 0.449. The van der Waals surface area contributed by atoms with E-state index >= 15 is 0 Å². The standard InChI is InChI=1S/C23H30N2OS/c1-17(2)20-15-21(23(27)24-25-12-8-5-9-13-25)22(14-18(20)3)26-16-19-10-6-4-7-11-19/h4,6-7,10-11,14-15,17H,5,8-9,12-13,16H2,1-3H3,(H,24,27). The number of benzene rings is 2. The molecule has 0 saturated carbocycles. The van der Waals surface area contributed by atoms with Crippen molar-refractivity contribution in [2.45, 2.75) is 52.6 Å². The van der Waals surface area contributed by atoms with Gasteiger partial charge < -0.3 is 10.2 Å². The molecule has 2 aromatic carbocycles. The lowest BCUT2D eigenvalue weighted by Gasteiger charge is -2.29. The molecule has 3 rings (SSSR count). The van der Waals surface area contributed by atoms with Gasteiger partial charge in [-0.15, -0.1) is 0 Å². The number of hydrazine groups is 1. The highest BCUT2D eigenvalue weighted by atomic mass is 32.1. The summed E-state index contributed by atoms with van der Waals surface area (Å²) in [7, 11) is 0. The number of aryl methyl sites for hydroxylation is 1. The molecule has 4 heteroatoms. The van der Waals surface area contributed by atoms with E-state index in [0.717, 1.165) is 35.0 Å².